The van der Waals surface area contributed by atoms with Gasteiger partial charge in [-0.15, -0.1) is 0 Å². The first-order chi connectivity index (χ1) is 10.6. The molecule has 3 aliphatic carbocycles. The number of allylic oxidation sites excluding steroid dienone is 2. The van der Waals surface area contributed by atoms with E-state index in [1.165, 1.54) is 4.90 Å². The van der Waals surface area contributed by atoms with Crippen LogP contribution in [-0.4, -0.2) is 53.8 Å². The summed E-state index contributed by atoms with van der Waals surface area (Å²) in [5.74, 6) is 0.809. The molecule has 6 nitrogen and oxygen atoms in total. The zero-order valence-electron chi connectivity index (χ0n) is 12.8. The molecule has 4 aliphatic rings. The Bertz CT molecular complexity index is 551. The van der Waals surface area contributed by atoms with Gasteiger partial charge in [-0.05, 0) is 31.1 Å². The van der Waals surface area contributed by atoms with Gasteiger partial charge >= 0.3 is 0 Å². The molecule has 2 saturated carbocycles. The van der Waals surface area contributed by atoms with Gasteiger partial charge in [-0.25, -0.2) is 0 Å². The summed E-state index contributed by atoms with van der Waals surface area (Å²) in [5, 5.41) is 0. The summed E-state index contributed by atoms with van der Waals surface area (Å²) in [6.07, 6.45) is 7.52. The molecule has 4 atom stereocenters. The zero-order chi connectivity index (χ0) is 15.4. The van der Waals surface area contributed by atoms with Gasteiger partial charge in [0.1, 0.15) is 0 Å². The molecule has 0 spiro atoms. The van der Waals surface area contributed by atoms with Crippen LogP contribution in [0.2, 0.25) is 0 Å². The molecule has 2 N–H and O–H groups in total. The van der Waals surface area contributed by atoms with Crippen LogP contribution in [0.1, 0.15) is 19.3 Å². The molecule has 22 heavy (non-hydrogen) atoms. The van der Waals surface area contributed by atoms with Gasteiger partial charge in [-0.1, -0.05) is 12.2 Å². The maximum atomic E-state index is 12.5. The Morgan fingerprint density at radius 1 is 1.27 bits per heavy atom. The molecule has 4 rings (SSSR count). The number of guanidine groups is 1. The number of rotatable bonds is 4. The second-order valence-corrected chi connectivity index (χ2v) is 6.91. The average Bonchev–Trinajstić information content (AvgIpc) is 3.08. The molecule has 1 aliphatic heterocycles. The number of nitrogens with two attached hydrogens (primary N) is 1. The minimum atomic E-state index is -0.113. The van der Waals surface area contributed by atoms with Crippen LogP contribution < -0.4 is 5.73 Å². The van der Waals surface area contributed by atoms with E-state index in [0.717, 1.165) is 19.3 Å². The number of amides is 2. The lowest BCUT2D eigenvalue weighted by Gasteiger charge is -2.18. The molecule has 118 valence electrons. The van der Waals surface area contributed by atoms with Gasteiger partial charge in [0.05, 0.1) is 18.4 Å². The van der Waals surface area contributed by atoms with Crippen LogP contribution in [-0.2, 0) is 9.59 Å². The van der Waals surface area contributed by atoms with Gasteiger partial charge in [0, 0.05) is 19.6 Å². The van der Waals surface area contributed by atoms with E-state index in [1.807, 2.05) is 11.9 Å². The third-order valence-electron chi connectivity index (χ3n) is 5.62. The van der Waals surface area contributed by atoms with Crippen molar-refractivity contribution in [2.75, 3.05) is 20.1 Å². The van der Waals surface area contributed by atoms with Crippen LogP contribution in [0.4, 0.5) is 0 Å². The topological polar surface area (TPSA) is 79.0 Å². The Kier molecular flexibility index (Phi) is 3.03. The molecular formula is C16H22N4O2. The summed E-state index contributed by atoms with van der Waals surface area (Å²) >= 11 is 0. The quantitative estimate of drug-likeness (QED) is 0.348. The van der Waals surface area contributed by atoms with Crippen LogP contribution in [0, 0.1) is 23.7 Å². The molecule has 6 heteroatoms. The number of imide groups is 1. The highest BCUT2D eigenvalue weighted by molar-refractivity contribution is 6.06. The van der Waals surface area contributed by atoms with Gasteiger partial charge in [0.15, 0.2) is 5.96 Å². The van der Waals surface area contributed by atoms with E-state index in [1.54, 1.807) is 0 Å². The van der Waals surface area contributed by atoms with Crippen molar-refractivity contribution < 1.29 is 9.59 Å². The molecule has 0 radical (unpaired) electrons. The molecule has 2 bridgehead atoms. The number of nitrogens with zero attached hydrogens (tertiary/aromatic N) is 3. The van der Waals surface area contributed by atoms with E-state index in [9.17, 15) is 9.59 Å². The standard InChI is InChI=1S/C16H22N4O2/c1-19(11-4-5-11)16(17)18-6-7-20-14(21)12-9-2-3-10(8-9)13(12)15(20)22/h2-3,9-13H,4-8H2,1H3,(H2,17,18). The highest BCUT2D eigenvalue weighted by Crippen LogP contribution is 2.52. The van der Waals surface area contributed by atoms with Gasteiger partial charge < -0.3 is 10.6 Å². The van der Waals surface area contributed by atoms with Crippen molar-refractivity contribution in [2.24, 2.45) is 34.4 Å². The van der Waals surface area contributed by atoms with Crippen LogP contribution in [0.3, 0.4) is 0 Å². The van der Waals surface area contributed by atoms with Crippen molar-refractivity contribution in [1.82, 2.24) is 9.80 Å². The van der Waals surface area contributed by atoms with Crippen LogP contribution >= 0.6 is 0 Å². The van der Waals surface area contributed by atoms with Gasteiger partial charge in [0.25, 0.3) is 0 Å². The summed E-state index contributed by atoms with van der Waals surface area (Å²) in [6.45, 7) is 0.742. The first-order valence-corrected chi connectivity index (χ1v) is 8.14. The third kappa shape index (κ3) is 1.96. The zero-order valence-corrected chi connectivity index (χ0v) is 12.8. The molecule has 3 fully saturated rings. The number of aliphatic imine (C=N–C) groups is 1. The van der Waals surface area contributed by atoms with E-state index >= 15 is 0 Å². The number of likely N-dealkylation sites (tertiary alicyclic amines) is 1. The lowest BCUT2D eigenvalue weighted by molar-refractivity contribution is -0.140. The molecule has 0 aromatic carbocycles. The fourth-order valence-corrected chi connectivity index (χ4v) is 4.21. The molecule has 0 aromatic heterocycles. The first-order valence-electron chi connectivity index (χ1n) is 8.14. The third-order valence-corrected chi connectivity index (χ3v) is 5.62. The number of fused-ring (bicyclic) bond motifs is 5. The molecule has 1 heterocycles. The SMILES string of the molecule is CN(C(N)=NCCN1C(=O)C2C3C=CC(C3)C2C1=O)C1CC1. The second-order valence-electron chi connectivity index (χ2n) is 6.91. The van der Waals surface area contributed by atoms with E-state index in [2.05, 4.69) is 17.1 Å². The van der Waals surface area contributed by atoms with Gasteiger partial charge in [-0.2, -0.15) is 0 Å². The van der Waals surface area contributed by atoms with Gasteiger partial charge in [-0.3, -0.25) is 19.5 Å². The van der Waals surface area contributed by atoms with E-state index in [-0.39, 0.29) is 35.5 Å². The number of carbonyl (C=O) groups is 2. The molecule has 1 saturated heterocycles. The first kappa shape index (κ1) is 13.8. The summed E-state index contributed by atoms with van der Waals surface area (Å²) in [4.78, 5) is 32.7. The van der Waals surface area contributed by atoms with Crippen molar-refractivity contribution in [3.8, 4) is 0 Å². The lowest BCUT2D eigenvalue weighted by Crippen LogP contribution is -2.38. The van der Waals surface area contributed by atoms with E-state index in [0.29, 0.717) is 25.1 Å². The average molecular weight is 302 g/mol. The van der Waals surface area contributed by atoms with Gasteiger partial charge in [0.2, 0.25) is 11.8 Å². The largest absolute Gasteiger partial charge is 0.370 e. The van der Waals surface area contributed by atoms with E-state index in [4.69, 9.17) is 5.73 Å². The fraction of sp³-hybridized carbons (Fsp3) is 0.688. The normalized spacial score (nSPS) is 36.4. The maximum Gasteiger partial charge on any atom is 0.233 e. The van der Waals surface area contributed by atoms with Crippen LogP contribution in [0.5, 0.6) is 0 Å². The Balaban J connectivity index is 1.39. The Labute approximate surface area is 130 Å². The van der Waals surface area contributed by atoms with Crippen molar-refractivity contribution in [3.05, 3.63) is 12.2 Å². The smallest absolute Gasteiger partial charge is 0.233 e. The highest BCUT2D eigenvalue weighted by atomic mass is 16.2. The van der Waals surface area contributed by atoms with Crippen LogP contribution in [0.15, 0.2) is 17.1 Å². The summed E-state index contributed by atoms with van der Waals surface area (Å²) in [6, 6.07) is 0.514. The Morgan fingerprint density at radius 2 is 1.86 bits per heavy atom. The van der Waals surface area contributed by atoms with Crippen molar-refractivity contribution >= 4 is 17.8 Å². The molecular weight excluding hydrogens is 280 g/mol. The predicted octanol–water partition coefficient (Wildman–Crippen LogP) is 0.202. The van der Waals surface area contributed by atoms with E-state index < -0.39 is 0 Å². The summed E-state index contributed by atoms with van der Waals surface area (Å²) in [7, 11) is 1.94. The minimum Gasteiger partial charge on any atom is -0.370 e. The highest BCUT2D eigenvalue weighted by Gasteiger charge is 2.58. The summed E-state index contributed by atoms with van der Waals surface area (Å²) in [5.41, 5.74) is 5.94. The summed E-state index contributed by atoms with van der Waals surface area (Å²) < 4.78 is 0. The van der Waals surface area contributed by atoms with Crippen molar-refractivity contribution in [3.63, 3.8) is 0 Å². The van der Waals surface area contributed by atoms with Crippen LogP contribution in [0.25, 0.3) is 0 Å². The Morgan fingerprint density at radius 3 is 2.41 bits per heavy atom. The molecule has 2 amide bonds. The fourth-order valence-electron chi connectivity index (χ4n) is 4.21. The number of hydrogen-bond acceptors (Lipinski definition) is 3. The predicted molar refractivity (Wildman–Crippen MR) is 81.7 cm³/mol. The molecule has 4 unspecified atom stereocenters. The maximum absolute atomic E-state index is 12.5. The number of carbonyl (C=O) groups excluding carboxylic acids is 2. The monoisotopic (exact) mass is 302 g/mol. The van der Waals surface area contributed by atoms with Crippen molar-refractivity contribution in [2.45, 2.75) is 25.3 Å². The van der Waals surface area contributed by atoms with Crippen molar-refractivity contribution in [1.29, 1.82) is 0 Å². The number of hydrogen-bond donors (Lipinski definition) is 1. The minimum absolute atomic E-state index is 0.00355. The molecule has 0 aromatic rings. The Hall–Kier alpha value is -1.85. The lowest BCUT2D eigenvalue weighted by atomic mass is 9.85. The second kappa shape index (κ2) is 4.83.